The molecule has 4 aromatic carbocycles. The van der Waals surface area contributed by atoms with E-state index in [0.717, 1.165) is 16.7 Å². The molecule has 10 heteroatoms. The molecule has 0 aliphatic rings. The van der Waals surface area contributed by atoms with Gasteiger partial charge in [0.05, 0.1) is 28.3 Å². The zero-order valence-electron chi connectivity index (χ0n) is 21.1. The first kappa shape index (κ1) is 27.0. The van der Waals surface area contributed by atoms with E-state index in [4.69, 9.17) is 9.47 Å². The monoisotopic (exact) mass is 552 g/mol. The van der Waals surface area contributed by atoms with E-state index in [1.165, 1.54) is 36.4 Å². The van der Waals surface area contributed by atoms with Crippen LogP contribution in [0.3, 0.4) is 0 Å². The van der Waals surface area contributed by atoms with Crippen LogP contribution in [0.5, 0.6) is 11.5 Å². The second-order valence-electron chi connectivity index (χ2n) is 8.68. The Morgan fingerprint density at radius 1 is 0.605 bits per heavy atom. The second kappa shape index (κ2) is 11.2. The first-order valence-corrected chi connectivity index (χ1v) is 14.6. The van der Waals surface area contributed by atoms with Crippen molar-refractivity contribution in [2.45, 2.75) is 30.2 Å². The molecule has 0 fully saturated rings. The molecule has 198 valence electrons. The zero-order valence-corrected chi connectivity index (χ0v) is 22.8. The Labute approximate surface area is 223 Å². The minimum absolute atomic E-state index is 0.0218. The zero-order chi connectivity index (χ0) is 27.3. The predicted molar refractivity (Wildman–Crippen MR) is 148 cm³/mol. The summed E-state index contributed by atoms with van der Waals surface area (Å²) in [5.41, 5.74) is 2.77. The Balaban J connectivity index is 1.65. The van der Waals surface area contributed by atoms with Gasteiger partial charge in [-0.25, -0.2) is 16.8 Å². The molecule has 0 saturated carbocycles. The normalized spacial score (nSPS) is 11.6. The average molecular weight is 553 g/mol. The summed E-state index contributed by atoms with van der Waals surface area (Å²) in [6.45, 7) is 3.92. The van der Waals surface area contributed by atoms with Gasteiger partial charge < -0.3 is 9.47 Å². The Morgan fingerprint density at radius 3 is 1.58 bits per heavy atom. The third-order valence-electron chi connectivity index (χ3n) is 5.71. The Hall–Kier alpha value is -4.02. The van der Waals surface area contributed by atoms with Crippen LogP contribution >= 0.6 is 0 Å². The summed E-state index contributed by atoms with van der Waals surface area (Å²) in [6.07, 6.45) is 0. The van der Waals surface area contributed by atoms with Gasteiger partial charge in [-0.15, -0.1) is 0 Å². The lowest BCUT2D eigenvalue weighted by atomic mass is 10.2. The highest BCUT2D eigenvalue weighted by Crippen LogP contribution is 2.32. The quantitative estimate of drug-likeness (QED) is 0.269. The molecule has 0 saturated heterocycles. The van der Waals surface area contributed by atoms with Crippen molar-refractivity contribution < 1.29 is 26.3 Å². The summed E-state index contributed by atoms with van der Waals surface area (Å²) >= 11 is 0. The molecular formula is C28H28N2O6S2. The number of ether oxygens (including phenoxy) is 2. The number of anilines is 2. The van der Waals surface area contributed by atoms with Gasteiger partial charge in [-0.05, 0) is 67.9 Å². The summed E-state index contributed by atoms with van der Waals surface area (Å²) in [5, 5.41) is 0. The lowest BCUT2D eigenvalue weighted by Gasteiger charge is -2.17. The van der Waals surface area contributed by atoms with Gasteiger partial charge >= 0.3 is 0 Å². The van der Waals surface area contributed by atoms with Gasteiger partial charge in [-0.3, -0.25) is 9.44 Å². The highest BCUT2D eigenvalue weighted by atomic mass is 32.2. The second-order valence-corrected chi connectivity index (χ2v) is 12.0. The van der Waals surface area contributed by atoms with Gasteiger partial charge in [-0.2, -0.15) is 0 Å². The van der Waals surface area contributed by atoms with Crippen molar-refractivity contribution in [1.29, 1.82) is 0 Å². The van der Waals surface area contributed by atoms with Crippen molar-refractivity contribution in [2.75, 3.05) is 16.6 Å². The van der Waals surface area contributed by atoms with Crippen LogP contribution in [0.25, 0.3) is 0 Å². The van der Waals surface area contributed by atoms with Crippen LogP contribution in [0, 0.1) is 13.8 Å². The topological polar surface area (TPSA) is 111 Å². The summed E-state index contributed by atoms with van der Waals surface area (Å²) in [4.78, 5) is 0.0928. The number of benzene rings is 4. The lowest BCUT2D eigenvalue weighted by Crippen LogP contribution is -2.18. The van der Waals surface area contributed by atoms with Crippen LogP contribution in [0.2, 0.25) is 0 Å². The largest absolute Gasteiger partial charge is 0.497 e. The smallest absolute Gasteiger partial charge is 0.261 e. The van der Waals surface area contributed by atoms with E-state index in [0.29, 0.717) is 11.5 Å². The third-order valence-corrected chi connectivity index (χ3v) is 8.47. The minimum atomic E-state index is -4.02. The number of sulfonamides is 2. The van der Waals surface area contributed by atoms with E-state index >= 15 is 0 Å². The Kier molecular flexibility index (Phi) is 7.94. The van der Waals surface area contributed by atoms with Gasteiger partial charge in [0.15, 0.2) is 0 Å². The van der Waals surface area contributed by atoms with Crippen LogP contribution in [0.4, 0.5) is 11.4 Å². The highest BCUT2D eigenvalue weighted by molar-refractivity contribution is 7.93. The van der Waals surface area contributed by atoms with Crippen molar-refractivity contribution in [2.24, 2.45) is 0 Å². The molecule has 0 aliphatic heterocycles. The van der Waals surface area contributed by atoms with E-state index in [-0.39, 0.29) is 27.8 Å². The summed E-state index contributed by atoms with van der Waals surface area (Å²) in [7, 11) is -6.43. The van der Waals surface area contributed by atoms with E-state index < -0.39 is 20.0 Å². The molecule has 0 unspecified atom stereocenters. The van der Waals surface area contributed by atoms with Gasteiger partial charge in [0, 0.05) is 6.07 Å². The number of rotatable bonds is 10. The van der Waals surface area contributed by atoms with Crippen LogP contribution < -0.4 is 18.9 Å². The molecule has 0 bridgehead atoms. The van der Waals surface area contributed by atoms with Crippen molar-refractivity contribution >= 4 is 31.4 Å². The summed E-state index contributed by atoms with van der Waals surface area (Å²) in [5.74, 6) is 1.06. The number of nitrogens with one attached hydrogen (secondary N) is 2. The molecule has 0 spiro atoms. The fourth-order valence-electron chi connectivity index (χ4n) is 3.52. The van der Waals surface area contributed by atoms with E-state index in [9.17, 15) is 16.8 Å². The molecule has 0 radical (unpaired) electrons. The maximum atomic E-state index is 13.1. The molecule has 0 amide bonds. The average Bonchev–Trinajstić information content (AvgIpc) is 2.89. The van der Waals surface area contributed by atoms with Crippen LogP contribution in [-0.2, 0) is 26.7 Å². The molecule has 0 heterocycles. The van der Waals surface area contributed by atoms with Gasteiger partial charge in [0.25, 0.3) is 20.0 Å². The maximum absolute atomic E-state index is 13.1. The molecule has 0 atom stereocenters. The number of aryl methyl sites for hydroxylation is 2. The van der Waals surface area contributed by atoms with Crippen molar-refractivity contribution in [3.8, 4) is 11.5 Å². The van der Waals surface area contributed by atoms with Crippen molar-refractivity contribution in [1.82, 2.24) is 0 Å². The maximum Gasteiger partial charge on any atom is 0.261 e. The van der Waals surface area contributed by atoms with Crippen LogP contribution in [0.1, 0.15) is 16.7 Å². The first-order chi connectivity index (χ1) is 18.1. The van der Waals surface area contributed by atoms with Crippen LogP contribution in [-0.4, -0.2) is 23.9 Å². The van der Waals surface area contributed by atoms with Gasteiger partial charge in [-0.1, -0.05) is 47.5 Å². The first-order valence-electron chi connectivity index (χ1n) is 11.6. The Bertz CT molecular complexity index is 1620. The minimum Gasteiger partial charge on any atom is -0.497 e. The number of hydrogen-bond acceptors (Lipinski definition) is 6. The highest BCUT2D eigenvalue weighted by Gasteiger charge is 2.21. The predicted octanol–water partition coefficient (Wildman–Crippen LogP) is 5.49. The molecule has 4 rings (SSSR count). The molecule has 0 aliphatic carbocycles. The molecule has 2 N–H and O–H groups in total. The SMILES string of the molecule is COc1ccc(COc2ccc(NS(=O)(=O)c3ccc(C)cc3)c(NS(=O)(=O)c3ccc(C)cc3)c2)cc1. The fraction of sp³-hybridized carbons (Fsp3) is 0.143. The van der Waals surface area contributed by atoms with E-state index in [2.05, 4.69) is 9.44 Å². The molecule has 8 nitrogen and oxygen atoms in total. The van der Waals surface area contributed by atoms with Crippen molar-refractivity contribution in [3.63, 3.8) is 0 Å². The van der Waals surface area contributed by atoms with Crippen molar-refractivity contribution in [3.05, 3.63) is 108 Å². The third kappa shape index (κ3) is 6.64. The van der Waals surface area contributed by atoms with Crippen LogP contribution in [0.15, 0.2) is 101 Å². The van der Waals surface area contributed by atoms with E-state index in [1.54, 1.807) is 37.4 Å². The fourth-order valence-corrected chi connectivity index (χ4v) is 5.67. The lowest BCUT2D eigenvalue weighted by molar-refractivity contribution is 0.306. The summed E-state index contributed by atoms with van der Waals surface area (Å²) < 4.78 is 68.5. The summed E-state index contributed by atoms with van der Waals surface area (Å²) in [6, 6.07) is 24.5. The van der Waals surface area contributed by atoms with E-state index in [1.807, 2.05) is 38.1 Å². The standard InChI is InChI=1S/C28H28N2O6S2/c1-20-4-13-25(14-5-20)37(31,32)29-27-17-12-24(36-19-22-8-10-23(35-3)11-9-22)18-28(27)30-38(33,34)26-15-6-21(2)7-16-26/h4-18,29-30H,19H2,1-3H3. The van der Waals surface area contributed by atoms with Gasteiger partial charge in [0.2, 0.25) is 0 Å². The molecule has 4 aromatic rings. The molecule has 0 aromatic heterocycles. The number of methoxy groups -OCH3 is 1. The Morgan fingerprint density at radius 2 is 1.08 bits per heavy atom. The number of hydrogen-bond donors (Lipinski definition) is 2. The molecular weight excluding hydrogens is 524 g/mol. The molecule has 38 heavy (non-hydrogen) atoms. The van der Waals surface area contributed by atoms with Gasteiger partial charge in [0.1, 0.15) is 18.1 Å².